The van der Waals surface area contributed by atoms with Crippen molar-refractivity contribution >= 4 is 0 Å². The van der Waals surface area contributed by atoms with Crippen LogP contribution in [0, 0.1) is 11.8 Å². The second-order valence-electron chi connectivity index (χ2n) is 4.30. The Morgan fingerprint density at radius 2 is 1.50 bits per heavy atom. The summed E-state index contributed by atoms with van der Waals surface area (Å²) in [4.78, 5) is 2.46. The van der Waals surface area contributed by atoms with E-state index in [9.17, 15) is 0 Å². The summed E-state index contributed by atoms with van der Waals surface area (Å²) in [5, 5.41) is 0. The Bertz CT molecular complexity index is 95.2. The van der Waals surface area contributed by atoms with Crippen LogP contribution in [0.15, 0.2) is 0 Å². The van der Waals surface area contributed by atoms with Crippen molar-refractivity contribution in [2.45, 2.75) is 40.5 Å². The predicted molar refractivity (Wildman–Crippen MR) is 56.4 cm³/mol. The zero-order valence-corrected chi connectivity index (χ0v) is 9.43. The van der Waals surface area contributed by atoms with E-state index in [1.165, 1.54) is 25.9 Å². The molecular weight excluding hydrogens is 146 g/mol. The molecule has 0 aliphatic heterocycles. The lowest BCUT2D eigenvalue weighted by Gasteiger charge is -2.23. The first kappa shape index (κ1) is 12.0. The van der Waals surface area contributed by atoms with Crippen molar-refractivity contribution in [1.29, 1.82) is 0 Å². The van der Waals surface area contributed by atoms with Crippen molar-refractivity contribution in [2.75, 3.05) is 20.1 Å². The smallest absolute Gasteiger partial charge is 0.000651 e. The summed E-state index contributed by atoms with van der Waals surface area (Å²) in [7, 11) is 2.23. The Morgan fingerprint density at radius 3 is 1.83 bits per heavy atom. The highest BCUT2D eigenvalue weighted by atomic mass is 15.1. The summed E-state index contributed by atoms with van der Waals surface area (Å²) >= 11 is 0. The molecule has 0 aliphatic carbocycles. The lowest BCUT2D eigenvalue weighted by atomic mass is 10.0. The number of hydrogen-bond acceptors (Lipinski definition) is 1. The van der Waals surface area contributed by atoms with E-state index >= 15 is 0 Å². The minimum atomic E-state index is 0.796. The fraction of sp³-hybridized carbons (Fsp3) is 1.00. The van der Waals surface area contributed by atoms with Gasteiger partial charge in [-0.15, -0.1) is 0 Å². The first-order valence-electron chi connectivity index (χ1n) is 5.28. The van der Waals surface area contributed by atoms with Gasteiger partial charge in [0.2, 0.25) is 0 Å². The summed E-state index contributed by atoms with van der Waals surface area (Å²) in [6.07, 6.45) is 2.64. The zero-order chi connectivity index (χ0) is 9.56. The number of hydrogen-bond donors (Lipinski definition) is 0. The van der Waals surface area contributed by atoms with Crippen molar-refractivity contribution in [3.8, 4) is 0 Å². The minimum Gasteiger partial charge on any atom is -0.306 e. The summed E-state index contributed by atoms with van der Waals surface area (Å²) < 4.78 is 0. The van der Waals surface area contributed by atoms with E-state index in [1.54, 1.807) is 0 Å². The molecule has 1 heteroatoms. The van der Waals surface area contributed by atoms with E-state index in [1.807, 2.05) is 0 Å². The van der Waals surface area contributed by atoms with Crippen LogP contribution in [0.5, 0.6) is 0 Å². The summed E-state index contributed by atoms with van der Waals surface area (Å²) in [6.45, 7) is 11.6. The van der Waals surface area contributed by atoms with Gasteiger partial charge in [0.25, 0.3) is 0 Å². The molecular formula is C11H25N. The van der Waals surface area contributed by atoms with Gasteiger partial charge in [0.1, 0.15) is 0 Å². The average molecular weight is 171 g/mol. The topological polar surface area (TPSA) is 3.24 Å². The molecule has 0 saturated carbocycles. The Labute approximate surface area is 78.1 Å². The molecule has 0 aromatic rings. The van der Waals surface area contributed by atoms with Crippen LogP contribution < -0.4 is 0 Å². The van der Waals surface area contributed by atoms with Gasteiger partial charge < -0.3 is 4.90 Å². The van der Waals surface area contributed by atoms with Crippen LogP contribution in [-0.2, 0) is 0 Å². The lowest BCUT2D eigenvalue weighted by Crippen LogP contribution is -2.28. The van der Waals surface area contributed by atoms with Crippen LogP contribution in [0.1, 0.15) is 40.5 Å². The lowest BCUT2D eigenvalue weighted by molar-refractivity contribution is 0.243. The van der Waals surface area contributed by atoms with Crippen LogP contribution in [0.3, 0.4) is 0 Å². The van der Waals surface area contributed by atoms with E-state index in [0.717, 1.165) is 11.8 Å². The summed E-state index contributed by atoms with van der Waals surface area (Å²) in [6, 6.07) is 0. The Hall–Kier alpha value is -0.0400. The third-order valence-corrected chi connectivity index (χ3v) is 2.40. The van der Waals surface area contributed by atoms with Crippen LogP contribution in [0.4, 0.5) is 0 Å². The molecule has 0 spiro atoms. The van der Waals surface area contributed by atoms with Gasteiger partial charge in [-0.25, -0.2) is 0 Å². The summed E-state index contributed by atoms with van der Waals surface area (Å²) in [5.74, 6) is 1.69. The van der Waals surface area contributed by atoms with Gasteiger partial charge in [0.15, 0.2) is 0 Å². The van der Waals surface area contributed by atoms with Gasteiger partial charge in [-0.2, -0.15) is 0 Å². The maximum Gasteiger partial charge on any atom is 0.000651 e. The number of rotatable bonds is 6. The second kappa shape index (κ2) is 6.47. The molecule has 0 heterocycles. The molecule has 0 saturated heterocycles. The molecule has 0 rings (SSSR count). The Balaban J connectivity index is 3.58. The molecule has 0 amide bonds. The third-order valence-electron chi connectivity index (χ3n) is 2.40. The van der Waals surface area contributed by atoms with Gasteiger partial charge in [-0.05, 0) is 18.9 Å². The quantitative estimate of drug-likeness (QED) is 0.594. The van der Waals surface area contributed by atoms with Crippen molar-refractivity contribution in [1.82, 2.24) is 4.90 Å². The van der Waals surface area contributed by atoms with Crippen LogP contribution in [-0.4, -0.2) is 25.0 Å². The van der Waals surface area contributed by atoms with Crippen molar-refractivity contribution in [3.05, 3.63) is 0 Å². The average Bonchev–Trinajstić information content (AvgIpc) is 1.98. The predicted octanol–water partition coefficient (Wildman–Crippen LogP) is 3.01. The molecule has 0 atom stereocenters. The molecule has 0 unspecified atom stereocenters. The molecule has 74 valence electrons. The zero-order valence-electron chi connectivity index (χ0n) is 9.43. The molecule has 0 aromatic carbocycles. The van der Waals surface area contributed by atoms with Crippen LogP contribution in [0.25, 0.3) is 0 Å². The normalized spacial score (nSPS) is 12.0. The number of nitrogens with zero attached hydrogens (tertiary/aromatic N) is 1. The molecule has 0 bridgehead atoms. The fourth-order valence-corrected chi connectivity index (χ4v) is 1.69. The standard InChI is InChI=1S/C11H25N/c1-6-11(7-2)9-12(5)8-10(3)4/h10-11H,6-9H2,1-5H3. The van der Waals surface area contributed by atoms with Crippen LogP contribution in [0.2, 0.25) is 0 Å². The summed E-state index contributed by atoms with van der Waals surface area (Å²) in [5.41, 5.74) is 0. The molecule has 0 aromatic heterocycles. The molecule has 0 radical (unpaired) electrons. The van der Waals surface area contributed by atoms with Gasteiger partial charge in [0, 0.05) is 13.1 Å². The van der Waals surface area contributed by atoms with E-state index in [4.69, 9.17) is 0 Å². The van der Waals surface area contributed by atoms with Crippen molar-refractivity contribution in [3.63, 3.8) is 0 Å². The fourth-order valence-electron chi connectivity index (χ4n) is 1.69. The maximum absolute atomic E-state index is 2.46. The van der Waals surface area contributed by atoms with Crippen molar-refractivity contribution < 1.29 is 0 Å². The maximum atomic E-state index is 2.46. The van der Waals surface area contributed by atoms with Gasteiger partial charge in [-0.1, -0.05) is 40.5 Å². The largest absolute Gasteiger partial charge is 0.306 e. The van der Waals surface area contributed by atoms with E-state index < -0.39 is 0 Å². The molecule has 0 fully saturated rings. The molecule has 0 aliphatic rings. The highest BCUT2D eigenvalue weighted by molar-refractivity contribution is 4.61. The highest BCUT2D eigenvalue weighted by Gasteiger charge is 2.07. The molecule has 0 N–H and O–H groups in total. The van der Waals surface area contributed by atoms with Gasteiger partial charge in [-0.3, -0.25) is 0 Å². The molecule has 1 nitrogen and oxygen atoms in total. The Morgan fingerprint density at radius 1 is 1.00 bits per heavy atom. The monoisotopic (exact) mass is 171 g/mol. The van der Waals surface area contributed by atoms with E-state index in [2.05, 4.69) is 39.6 Å². The van der Waals surface area contributed by atoms with E-state index in [0.29, 0.717) is 0 Å². The first-order valence-corrected chi connectivity index (χ1v) is 5.28. The Kier molecular flexibility index (Phi) is 6.45. The van der Waals surface area contributed by atoms with Crippen molar-refractivity contribution in [2.24, 2.45) is 11.8 Å². The minimum absolute atomic E-state index is 0.796. The molecule has 12 heavy (non-hydrogen) atoms. The third kappa shape index (κ3) is 5.59. The highest BCUT2D eigenvalue weighted by Crippen LogP contribution is 2.09. The van der Waals surface area contributed by atoms with E-state index in [-0.39, 0.29) is 0 Å². The SMILES string of the molecule is CCC(CC)CN(C)CC(C)C. The first-order chi connectivity index (χ1) is 5.60. The van der Waals surface area contributed by atoms with Crippen LogP contribution >= 0.6 is 0 Å². The van der Waals surface area contributed by atoms with Gasteiger partial charge in [0.05, 0.1) is 0 Å². The van der Waals surface area contributed by atoms with Gasteiger partial charge >= 0.3 is 0 Å². The second-order valence-corrected chi connectivity index (χ2v) is 4.30.